The summed E-state index contributed by atoms with van der Waals surface area (Å²) in [6.45, 7) is 1.84. The number of hydrogen-bond acceptors (Lipinski definition) is 4. The maximum atomic E-state index is 11.5. The third kappa shape index (κ3) is 2.21. The van der Waals surface area contributed by atoms with Crippen molar-refractivity contribution in [3.05, 3.63) is 11.9 Å². The van der Waals surface area contributed by atoms with Crippen molar-refractivity contribution < 1.29 is 8.42 Å². The van der Waals surface area contributed by atoms with E-state index in [4.69, 9.17) is 0 Å². The van der Waals surface area contributed by atoms with Crippen LogP contribution in [-0.4, -0.2) is 38.0 Å². The van der Waals surface area contributed by atoms with Gasteiger partial charge in [0.25, 0.3) is 0 Å². The minimum Gasteiger partial charge on any atom is -0.316 e. The molecule has 2 heterocycles. The summed E-state index contributed by atoms with van der Waals surface area (Å²) in [7, 11) is -3.16. The van der Waals surface area contributed by atoms with Gasteiger partial charge in [0.2, 0.25) is 0 Å². The molecular weight excluding hydrogens is 214 g/mol. The highest BCUT2D eigenvalue weighted by Gasteiger charge is 2.24. The number of nitrogens with one attached hydrogen (secondary N) is 2. The number of nitrogens with zero attached hydrogens (tertiary/aromatic N) is 1. The van der Waals surface area contributed by atoms with E-state index in [0.717, 1.165) is 31.6 Å². The topological polar surface area (TPSA) is 74.8 Å². The molecule has 0 spiro atoms. The number of aromatic nitrogens is 2. The maximum Gasteiger partial charge on any atom is 0.178 e. The van der Waals surface area contributed by atoms with E-state index in [1.54, 1.807) is 0 Å². The van der Waals surface area contributed by atoms with Crippen LogP contribution in [0.25, 0.3) is 0 Å². The second kappa shape index (κ2) is 3.94. The summed E-state index contributed by atoms with van der Waals surface area (Å²) in [6, 6.07) is 0. The molecular formula is C9H15N3O2S. The van der Waals surface area contributed by atoms with Crippen molar-refractivity contribution in [2.75, 3.05) is 19.3 Å². The molecule has 0 radical (unpaired) electrons. The third-order valence-corrected chi connectivity index (χ3v) is 3.86. The molecule has 2 rings (SSSR count). The summed E-state index contributed by atoms with van der Waals surface area (Å²) in [5.41, 5.74) is 0.754. The summed E-state index contributed by atoms with van der Waals surface area (Å²) < 4.78 is 23.0. The molecule has 0 aliphatic carbocycles. The number of aromatic amines is 1. The Bertz CT molecular complexity index is 432. The van der Waals surface area contributed by atoms with Gasteiger partial charge in [0.15, 0.2) is 9.84 Å². The molecule has 0 amide bonds. The summed E-state index contributed by atoms with van der Waals surface area (Å²) in [6.07, 6.45) is 4.71. The first kappa shape index (κ1) is 10.6. The molecule has 2 N–H and O–H groups in total. The molecule has 1 aliphatic heterocycles. The predicted molar refractivity (Wildman–Crippen MR) is 56.5 cm³/mol. The molecule has 6 heteroatoms. The van der Waals surface area contributed by atoms with Crippen LogP contribution in [0.2, 0.25) is 0 Å². The van der Waals surface area contributed by atoms with Gasteiger partial charge in [-0.2, -0.15) is 5.10 Å². The van der Waals surface area contributed by atoms with Gasteiger partial charge in [-0.25, -0.2) is 8.42 Å². The fraction of sp³-hybridized carbons (Fsp3) is 0.667. The highest BCUT2D eigenvalue weighted by Crippen LogP contribution is 2.26. The van der Waals surface area contributed by atoms with E-state index in [1.807, 2.05) is 0 Å². The Morgan fingerprint density at radius 2 is 2.33 bits per heavy atom. The van der Waals surface area contributed by atoms with Crippen LogP contribution >= 0.6 is 0 Å². The first-order valence-electron chi connectivity index (χ1n) is 5.03. The van der Waals surface area contributed by atoms with Crippen LogP contribution in [0.3, 0.4) is 0 Å². The van der Waals surface area contributed by atoms with Gasteiger partial charge in [-0.3, -0.25) is 5.10 Å². The van der Waals surface area contributed by atoms with Gasteiger partial charge in [-0.05, 0) is 19.4 Å². The van der Waals surface area contributed by atoms with Crippen molar-refractivity contribution in [1.82, 2.24) is 15.5 Å². The Morgan fingerprint density at radius 3 is 2.93 bits per heavy atom. The van der Waals surface area contributed by atoms with E-state index in [1.165, 1.54) is 12.5 Å². The zero-order chi connectivity index (χ0) is 10.9. The Morgan fingerprint density at radius 1 is 1.53 bits per heavy atom. The highest BCUT2D eigenvalue weighted by molar-refractivity contribution is 7.90. The van der Waals surface area contributed by atoms with Gasteiger partial charge >= 0.3 is 0 Å². The van der Waals surface area contributed by atoms with Crippen LogP contribution in [0.1, 0.15) is 24.5 Å². The predicted octanol–water partition coefficient (Wildman–Crippen LogP) is 0.280. The van der Waals surface area contributed by atoms with Gasteiger partial charge in [0, 0.05) is 18.7 Å². The minimum absolute atomic E-state index is 0.242. The summed E-state index contributed by atoms with van der Waals surface area (Å²) in [4.78, 5) is 0.344. The number of sulfone groups is 1. The van der Waals surface area contributed by atoms with Crippen molar-refractivity contribution in [2.24, 2.45) is 0 Å². The van der Waals surface area contributed by atoms with E-state index >= 15 is 0 Å². The number of hydrogen-bond donors (Lipinski definition) is 2. The number of piperidine rings is 1. The quantitative estimate of drug-likeness (QED) is 0.764. The summed E-state index contributed by atoms with van der Waals surface area (Å²) >= 11 is 0. The zero-order valence-corrected chi connectivity index (χ0v) is 9.47. The van der Waals surface area contributed by atoms with Crippen LogP contribution < -0.4 is 5.32 Å². The summed E-state index contributed by atoms with van der Waals surface area (Å²) in [5, 5.41) is 9.90. The Balaban J connectivity index is 2.32. The highest BCUT2D eigenvalue weighted by atomic mass is 32.2. The van der Waals surface area contributed by atoms with Crippen molar-refractivity contribution >= 4 is 9.84 Å². The standard InChI is InChI=1S/C9H15N3O2S/c1-15(13,14)8-6-11-12-9(8)7-3-2-4-10-5-7/h6-7,10H,2-5H2,1H3,(H,11,12)/t7-/m1/s1. The van der Waals surface area contributed by atoms with Crippen molar-refractivity contribution in [2.45, 2.75) is 23.7 Å². The third-order valence-electron chi connectivity index (χ3n) is 2.74. The first-order valence-corrected chi connectivity index (χ1v) is 6.92. The average Bonchev–Trinajstić information content (AvgIpc) is 2.67. The zero-order valence-electron chi connectivity index (χ0n) is 8.66. The largest absolute Gasteiger partial charge is 0.316 e. The van der Waals surface area contributed by atoms with E-state index in [0.29, 0.717) is 4.90 Å². The van der Waals surface area contributed by atoms with Crippen molar-refractivity contribution in [1.29, 1.82) is 0 Å². The molecule has 5 nitrogen and oxygen atoms in total. The maximum absolute atomic E-state index is 11.5. The second-order valence-corrected chi connectivity index (χ2v) is 5.95. The molecule has 1 aliphatic rings. The molecule has 0 unspecified atom stereocenters. The van der Waals surface area contributed by atoms with Crippen LogP contribution in [0.5, 0.6) is 0 Å². The molecule has 1 aromatic rings. The molecule has 84 valence electrons. The fourth-order valence-corrected chi connectivity index (χ4v) is 2.83. The molecule has 0 bridgehead atoms. The number of rotatable bonds is 2. The Kier molecular flexibility index (Phi) is 2.79. The van der Waals surface area contributed by atoms with Gasteiger partial charge in [0.05, 0.1) is 11.9 Å². The first-order chi connectivity index (χ1) is 7.09. The van der Waals surface area contributed by atoms with E-state index in [9.17, 15) is 8.42 Å². The molecule has 0 saturated carbocycles. The number of H-pyrrole nitrogens is 1. The normalized spacial score (nSPS) is 22.9. The second-order valence-electron chi connectivity index (χ2n) is 3.96. The van der Waals surface area contributed by atoms with Gasteiger partial charge in [-0.15, -0.1) is 0 Å². The smallest absolute Gasteiger partial charge is 0.178 e. The average molecular weight is 229 g/mol. The molecule has 1 fully saturated rings. The van der Waals surface area contributed by atoms with Crippen LogP contribution in [-0.2, 0) is 9.84 Å². The molecule has 15 heavy (non-hydrogen) atoms. The molecule has 1 saturated heterocycles. The lowest BCUT2D eigenvalue weighted by Crippen LogP contribution is -2.29. The van der Waals surface area contributed by atoms with Crippen molar-refractivity contribution in [3.8, 4) is 0 Å². The van der Waals surface area contributed by atoms with E-state index < -0.39 is 9.84 Å². The molecule has 1 aromatic heterocycles. The Hall–Kier alpha value is -0.880. The van der Waals surface area contributed by atoms with Gasteiger partial charge < -0.3 is 5.32 Å². The lowest BCUT2D eigenvalue weighted by molar-refractivity contribution is 0.449. The lowest BCUT2D eigenvalue weighted by atomic mass is 9.96. The van der Waals surface area contributed by atoms with Crippen LogP contribution in [0.15, 0.2) is 11.1 Å². The minimum atomic E-state index is -3.16. The van der Waals surface area contributed by atoms with Gasteiger partial charge in [-0.1, -0.05) is 0 Å². The fourth-order valence-electron chi connectivity index (χ4n) is 1.97. The van der Waals surface area contributed by atoms with Crippen LogP contribution in [0.4, 0.5) is 0 Å². The molecule has 1 atom stereocenters. The van der Waals surface area contributed by atoms with Crippen LogP contribution in [0, 0.1) is 0 Å². The SMILES string of the molecule is CS(=O)(=O)c1cn[nH]c1[C@@H]1CCCNC1. The Labute approximate surface area is 89.2 Å². The van der Waals surface area contributed by atoms with E-state index in [-0.39, 0.29) is 5.92 Å². The lowest BCUT2D eigenvalue weighted by Gasteiger charge is -2.22. The molecule has 0 aromatic carbocycles. The monoisotopic (exact) mass is 229 g/mol. The summed E-state index contributed by atoms with van der Waals surface area (Å²) in [5.74, 6) is 0.242. The van der Waals surface area contributed by atoms with E-state index in [2.05, 4.69) is 15.5 Å². The van der Waals surface area contributed by atoms with Gasteiger partial charge in [0.1, 0.15) is 4.90 Å². The van der Waals surface area contributed by atoms with Crippen molar-refractivity contribution in [3.63, 3.8) is 0 Å².